The average molecular weight is 936 g/mol. The van der Waals surface area contributed by atoms with Crippen molar-refractivity contribution in [3.63, 3.8) is 0 Å². The molecule has 0 spiro atoms. The minimum absolute atomic E-state index is 0. The third-order valence-corrected chi connectivity index (χ3v) is 5.65. The molecule has 0 aromatic carbocycles. The van der Waals surface area contributed by atoms with Crippen LogP contribution in [0.25, 0.3) is 0 Å². The molecule has 0 aliphatic heterocycles. The molecule has 2 aliphatic carbocycles. The first-order chi connectivity index (χ1) is 13.5. The van der Waals surface area contributed by atoms with Crippen LogP contribution in [-0.2, 0) is 14.5 Å². The van der Waals surface area contributed by atoms with Gasteiger partial charge in [-0.05, 0) is 24.7 Å². The first-order valence-electron chi connectivity index (χ1n) is 9.43. The van der Waals surface area contributed by atoms with Gasteiger partial charge in [0.25, 0.3) is 0 Å². The van der Waals surface area contributed by atoms with Crippen molar-refractivity contribution in [3.8, 4) is 0 Å². The van der Waals surface area contributed by atoms with Crippen molar-refractivity contribution in [2.45, 2.75) is 75.7 Å². The van der Waals surface area contributed by atoms with E-state index in [-0.39, 0.29) is 34.9 Å². The number of carbonyl (C=O) groups is 2. The van der Waals surface area contributed by atoms with Crippen molar-refractivity contribution in [1.29, 1.82) is 0 Å². The Morgan fingerprint density at radius 1 is 0.967 bits per heavy atom. The zero-order valence-corrected chi connectivity index (χ0v) is 28.0. The van der Waals surface area contributed by atoms with E-state index in [4.69, 9.17) is 22.3 Å². The fraction of sp³-hybridized carbons (Fsp3) is 0.875. The Morgan fingerprint density at radius 2 is 1.33 bits per heavy atom. The van der Waals surface area contributed by atoms with Gasteiger partial charge >= 0.3 is 64.9 Å². The Bertz CT molecular complexity index is 491. The summed E-state index contributed by atoms with van der Waals surface area (Å²) in [4.78, 5) is 21.0. The number of primary amides is 2. The number of aliphatic hydroxyl groups excluding tert-OH is 2. The van der Waals surface area contributed by atoms with E-state index < -0.39 is 30.1 Å². The molecule has 2 amide bonds. The van der Waals surface area contributed by atoms with E-state index in [1.54, 1.807) is 0 Å². The number of hydrogen-bond acceptors (Lipinski definition) is 6. The van der Waals surface area contributed by atoms with E-state index >= 15 is 0 Å². The van der Waals surface area contributed by atoms with Crippen LogP contribution < -0.4 is 22.3 Å². The van der Waals surface area contributed by atoms with Gasteiger partial charge in [-0.15, -0.1) is 24.0 Å². The predicted octanol–water partition coefficient (Wildman–Crippen LogP) is 2.39. The van der Waals surface area contributed by atoms with Gasteiger partial charge in [-0.3, -0.25) is 14.7 Å². The molecule has 0 bridgehead atoms. The molecule has 0 heterocycles. The van der Waals surface area contributed by atoms with Crippen LogP contribution in [0.2, 0.25) is 0 Å². The van der Waals surface area contributed by atoms with Gasteiger partial charge < -0.3 is 27.4 Å². The van der Waals surface area contributed by atoms with Crippen LogP contribution in [0.5, 0.6) is 0 Å². The van der Waals surface area contributed by atoms with Crippen molar-refractivity contribution in [2.24, 2.45) is 29.0 Å². The molecule has 0 aromatic rings. The second-order valence-corrected chi connectivity index (χ2v) is 43.1. The van der Waals surface area contributed by atoms with Crippen LogP contribution >= 0.6 is 93.3 Å². The number of halogens is 4. The summed E-state index contributed by atoms with van der Waals surface area (Å²) in [5.74, 6) is -0.137. The Labute approximate surface area is 236 Å². The molecule has 5 atom stereocenters. The molecular formula is C16H34I4N4O4PV. The third kappa shape index (κ3) is 16.4. The fourth-order valence-corrected chi connectivity index (χ4v) is 3.35. The van der Waals surface area contributed by atoms with Gasteiger partial charge in [0.05, 0.1) is 0 Å². The van der Waals surface area contributed by atoms with Crippen LogP contribution in [0.15, 0.2) is 0 Å². The summed E-state index contributed by atoms with van der Waals surface area (Å²) < 4.78 is 0. The summed E-state index contributed by atoms with van der Waals surface area (Å²) in [6.45, 7) is 0. The summed E-state index contributed by atoms with van der Waals surface area (Å²) in [5, 5.41) is 21.4. The number of hydrogen-bond donors (Lipinski definition) is 6. The van der Waals surface area contributed by atoms with Crippen LogP contribution in [0.4, 0.5) is 0 Å². The Kier molecular flexibility index (Phi) is 23.2. The van der Waals surface area contributed by atoms with E-state index in [0.29, 0.717) is 18.3 Å². The van der Waals surface area contributed by atoms with Crippen LogP contribution in [0.3, 0.4) is 0 Å². The van der Waals surface area contributed by atoms with Crippen molar-refractivity contribution < 1.29 is 24.7 Å². The summed E-state index contributed by atoms with van der Waals surface area (Å²) in [5.41, 5.74) is 15.5. The van der Waals surface area contributed by atoms with Crippen LogP contribution in [-0.4, -0.2) is 46.3 Å². The van der Waals surface area contributed by atoms with Gasteiger partial charge in [0.2, 0.25) is 11.8 Å². The maximum absolute atomic E-state index is 10.7. The van der Waals surface area contributed by atoms with Crippen molar-refractivity contribution >= 4 is 105 Å². The Hall–Kier alpha value is 2.71. The maximum atomic E-state index is 10.7. The molecule has 180 valence electrons. The zero-order valence-electron chi connectivity index (χ0n) is 16.6. The molecule has 2 rings (SSSR count). The molecular weight excluding hydrogens is 902 g/mol. The number of rotatable bonds is 9. The van der Waals surface area contributed by atoms with E-state index in [1.807, 2.05) is 0 Å². The van der Waals surface area contributed by atoms with Gasteiger partial charge in [0, 0.05) is 12.1 Å². The standard InChI is InChI=1S/C8H17N2O2P.C8H16N2O2.4HI.V/c9-8(12)7(11)6(10-13)4-5-2-1-3-5;9-6(7(11)8(10)12)4-5-2-1-3-5;;;;;/h5-7,10-11H,1-4,13H2,(H2,9,12);5-7,11H,1-4,9H2,(H2,10,12);4*1H;/q;;;;;;+3/p-3. The molecule has 14 heteroatoms. The Morgan fingerprint density at radius 3 is 1.60 bits per heavy atom. The Balaban J connectivity index is 0. The molecule has 8 nitrogen and oxygen atoms in total. The second-order valence-electron chi connectivity index (χ2n) is 7.39. The van der Waals surface area contributed by atoms with E-state index in [9.17, 15) is 14.7 Å². The summed E-state index contributed by atoms with van der Waals surface area (Å²) >= 11 is 7.39. The van der Waals surface area contributed by atoms with E-state index in [0.717, 1.165) is 6.42 Å². The topological polar surface area (TPSA) is 165 Å². The quantitative estimate of drug-likeness (QED) is 0.154. The number of nitrogens with one attached hydrogen (secondary N) is 1. The fourth-order valence-electron chi connectivity index (χ4n) is 3.03. The number of amides is 2. The molecule has 0 saturated heterocycles. The molecule has 2 aliphatic rings. The molecule has 30 heavy (non-hydrogen) atoms. The van der Waals surface area contributed by atoms with Gasteiger partial charge in [-0.1, -0.05) is 47.9 Å². The molecule has 2 saturated carbocycles. The van der Waals surface area contributed by atoms with Crippen LogP contribution in [0.1, 0.15) is 51.4 Å². The normalized spacial score (nSPS) is 19.9. The first kappa shape index (κ1) is 34.9. The third-order valence-electron chi connectivity index (χ3n) is 5.23. The SMILES string of the molecule is I.NC(=O)C(O)C(CC1CCC1)NP.NC(=O)C(O)C(N)CC1CCC1.[I][V]([I])[I]. The minimum atomic E-state index is -1.18. The molecule has 5 unspecified atom stereocenters. The van der Waals surface area contributed by atoms with E-state index in [2.05, 4.69) is 74.4 Å². The van der Waals surface area contributed by atoms with Gasteiger partial charge in [0.15, 0.2) is 0 Å². The molecule has 9 N–H and O–H groups in total. The average Bonchev–Trinajstić information content (AvgIpc) is 2.55. The predicted molar refractivity (Wildman–Crippen MR) is 156 cm³/mol. The number of nitrogens with two attached hydrogens (primary N) is 3. The first-order valence-corrected chi connectivity index (χ1v) is 23.5. The summed E-state index contributed by atoms with van der Waals surface area (Å²) in [6, 6.07) is -0.694. The summed E-state index contributed by atoms with van der Waals surface area (Å²) in [6.07, 6.45) is 6.53. The van der Waals surface area contributed by atoms with E-state index in [1.165, 1.54) is 38.5 Å². The second kappa shape index (κ2) is 20.0. The van der Waals surface area contributed by atoms with Crippen molar-refractivity contribution in [2.75, 3.05) is 0 Å². The number of aliphatic hydroxyl groups is 2. The van der Waals surface area contributed by atoms with Gasteiger partial charge in [0.1, 0.15) is 12.2 Å². The van der Waals surface area contributed by atoms with Crippen molar-refractivity contribution in [1.82, 2.24) is 5.09 Å². The molecule has 0 aromatic heterocycles. The zero-order chi connectivity index (χ0) is 22.6. The van der Waals surface area contributed by atoms with Gasteiger partial charge in [-0.2, -0.15) is 0 Å². The van der Waals surface area contributed by atoms with Gasteiger partial charge in [-0.25, -0.2) is 0 Å². The summed E-state index contributed by atoms with van der Waals surface area (Å²) in [7, 11) is 2.32. The van der Waals surface area contributed by atoms with Crippen LogP contribution in [0, 0.1) is 11.8 Å². The number of carbonyl (C=O) groups excluding carboxylic acids is 2. The van der Waals surface area contributed by atoms with Crippen molar-refractivity contribution in [3.05, 3.63) is 0 Å². The molecule has 0 radical (unpaired) electrons. The monoisotopic (exact) mass is 936 g/mol. The molecule has 2 fully saturated rings.